The number of carboxylic acid groups (broad SMARTS) is 1. The lowest BCUT2D eigenvalue weighted by atomic mass is 9.83. The summed E-state index contributed by atoms with van der Waals surface area (Å²) in [6.07, 6.45) is 2.63. The summed E-state index contributed by atoms with van der Waals surface area (Å²) >= 11 is 2.84. The van der Waals surface area contributed by atoms with Gasteiger partial charge in [0.05, 0.1) is 16.4 Å². The van der Waals surface area contributed by atoms with Gasteiger partial charge in [0, 0.05) is 26.4 Å². The van der Waals surface area contributed by atoms with E-state index < -0.39 is 17.1 Å². The summed E-state index contributed by atoms with van der Waals surface area (Å²) in [7, 11) is 0. The Morgan fingerprint density at radius 1 is 0.956 bits per heavy atom. The van der Waals surface area contributed by atoms with Crippen molar-refractivity contribution >= 4 is 62.3 Å². The summed E-state index contributed by atoms with van der Waals surface area (Å²) < 4.78 is 0. The molecule has 1 aliphatic rings. The summed E-state index contributed by atoms with van der Waals surface area (Å²) in [5.41, 5.74) is 3.76. The van der Waals surface area contributed by atoms with Crippen LogP contribution in [0.1, 0.15) is 61.5 Å². The van der Waals surface area contributed by atoms with Gasteiger partial charge >= 0.3 is 5.97 Å². The lowest BCUT2D eigenvalue weighted by Crippen LogP contribution is -2.22. The molecule has 6 rings (SSSR count). The number of hydrogen-bond donors (Lipinski definition) is 3. The van der Waals surface area contributed by atoms with Crippen LogP contribution in [0, 0.1) is 11.3 Å². The van der Waals surface area contributed by atoms with Crippen molar-refractivity contribution in [2.45, 2.75) is 42.2 Å². The zero-order valence-electron chi connectivity index (χ0n) is 24.4. The van der Waals surface area contributed by atoms with Crippen LogP contribution in [0.4, 0.5) is 10.7 Å². The standard InChI is InChI=1S/C36H29N3O4S2/c1-21(33(40)39-35-30(20-37)27-17-16-24(18-31(27)45-35)22-8-3-2-4-9-22)44-26-13-7-12-25(19-26)38-34(41)28-14-5-10-23-11-6-15-29(32(23)28)36(42)43/h2-15,19,21,24H,16-18H2,1H3,(H,38,41)(H,39,40)(H,42,43). The number of nitrogens with zero attached hydrogens (tertiary/aromatic N) is 1. The molecule has 2 amide bonds. The van der Waals surface area contributed by atoms with Gasteiger partial charge in [-0.2, -0.15) is 5.26 Å². The van der Waals surface area contributed by atoms with Gasteiger partial charge in [0.1, 0.15) is 11.1 Å². The van der Waals surface area contributed by atoms with Crippen molar-refractivity contribution in [1.82, 2.24) is 0 Å². The molecule has 3 N–H and O–H groups in total. The lowest BCUT2D eigenvalue weighted by Gasteiger charge is -2.22. The molecule has 0 saturated carbocycles. The van der Waals surface area contributed by atoms with Crippen molar-refractivity contribution < 1.29 is 19.5 Å². The maximum absolute atomic E-state index is 13.3. The van der Waals surface area contributed by atoms with Crippen LogP contribution in [0.3, 0.4) is 0 Å². The van der Waals surface area contributed by atoms with Crippen LogP contribution in [-0.4, -0.2) is 28.1 Å². The number of fused-ring (bicyclic) bond motifs is 2. The second kappa shape index (κ2) is 13.0. The fraction of sp³-hybridized carbons (Fsp3) is 0.167. The molecule has 1 aliphatic carbocycles. The van der Waals surface area contributed by atoms with E-state index in [4.69, 9.17) is 0 Å². The van der Waals surface area contributed by atoms with Gasteiger partial charge in [-0.15, -0.1) is 23.1 Å². The number of carbonyl (C=O) groups excluding carboxylic acids is 2. The number of rotatable bonds is 8. The molecule has 0 fully saturated rings. The number of anilines is 2. The van der Waals surface area contributed by atoms with Crippen LogP contribution >= 0.6 is 23.1 Å². The van der Waals surface area contributed by atoms with E-state index in [1.54, 1.807) is 55.5 Å². The number of benzene rings is 4. The minimum atomic E-state index is -1.10. The van der Waals surface area contributed by atoms with Crippen LogP contribution in [0.15, 0.2) is 95.9 Å². The van der Waals surface area contributed by atoms with E-state index in [0.717, 1.165) is 34.6 Å². The summed E-state index contributed by atoms with van der Waals surface area (Å²) in [4.78, 5) is 40.4. The van der Waals surface area contributed by atoms with Gasteiger partial charge in [0.15, 0.2) is 0 Å². The lowest BCUT2D eigenvalue weighted by molar-refractivity contribution is -0.115. The van der Waals surface area contributed by atoms with E-state index >= 15 is 0 Å². The van der Waals surface area contributed by atoms with E-state index in [-0.39, 0.29) is 17.0 Å². The first-order valence-corrected chi connectivity index (χ1v) is 16.3. The number of aromatic carboxylic acids is 1. The van der Waals surface area contributed by atoms with Gasteiger partial charge < -0.3 is 15.7 Å². The molecule has 0 aliphatic heterocycles. The predicted molar refractivity (Wildman–Crippen MR) is 179 cm³/mol. The highest BCUT2D eigenvalue weighted by atomic mass is 32.2. The maximum atomic E-state index is 13.3. The van der Waals surface area contributed by atoms with Gasteiger partial charge in [0.25, 0.3) is 5.91 Å². The molecule has 4 aromatic carbocycles. The monoisotopic (exact) mass is 631 g/mol. The molecule has 2 atom stereocenters. The Morgan fingerprint density at radius 3 is 2.42 bits per heavy atom. The fourth-order valence-electron chi connectivity index (χ4n) is 5.83. The van der Waals surface area contributed by atoms with E-state index in [1.807, 2.05) is 12.1 Å². The molecule has 1 heterocycles. The summed E-state index contributed by atoms with van der Waals surface area (Å²) in [5, 5.41) is 26.7. The number of nitrogens with one attached hydrogen (secondary N) is 2. The van der Waals surface area contributed by atoms with E-state index in [2.05, 4.69) is 41.0 Å². The molecule has 9 heteroatoms. The van der Waals surface area contributed by atoms with Gasteiger partial charge in [-0.3, -0.25) is 9.59 Å². The number of carboxylic acids is 1. The van der Waals surface area contributed by atoms with E-state index in [9.17, 15) is 24.8 Å². The first-order chi connectivity index (χ1) is 21.8. The Hall–Kier alpha value is -4.91. The number of thioether (sulfide) groups is 1. The van der Waals surface area contributed by atoms with Gasteiger partial charge in [-0.05, 0) is 78.9 Å². The van der Waals surface area contributed by atoms with Gasteiger partial charge in [0.2, 0.25) is 5.91 Å². The molecule has 0 radical (unpaired) electrons. The van der Waals surface area contributed by atoms with Crippen molar-refractivity contribution in [3.63, 3.8) is 0 Å². The second-order valence-electron chi connectivity index (χ2n) is 10.9. The summed E-state index contributed by atoms with van der Waals surface area (Å²) in [6, 6.07) is 29.9. The number of hydrogen-bond acceptors (Lipinski definition) is 6. The largest absolute Gasteiger partial charge is 0.478 e. The average Bonchev–Trinajstić information content (AvgIpc) is 3.40. The number of amides is 2. The SMILES string of the molecule is CC(Sc1cccc(NC(=O)c2cccc3cccc(C(=O)O)c23)c1)C(=O)Nc1sc2c(c1C#N)CCC(c1ccccc1)C2. The van der Waals surface area contributed by atoms with Crippen LogP contribution in [0.2, 0.25) is 0 Å². The van der Waals surface area contributed by atoms with Crippen molar-refractivity contribution in [2.75, 3.05) is 10.6 Å². The highest BCUT2D eigenvalue weighted by Crippen LogP contribution is 2.42. The molecular weight excluding hydrogens is 603 g/mol. The first-order valence-electron chi connectivity index (χ1n) is 14.6. The number of thiophene rings is 1. The molecule has 45 heavy (non-hydrogen) atoms. The van der Waals surface area contributed by atoms with E-state index in [0.29, 0.717) is 32.9 Å². The summed E-state index contributed by atoms with van der Waals surface area (Å²) in [6.45, 7) is 1.81. The second-order valence-corrected chi connectivity index (χ2v) is 13.4. The third kappa shape index (κ3) is 6.34. The molecule has 0 bridgehead atoms. The molecule has 0 saturated heterocycles. The Morgan fingerprint density at radius 2 is 1.69 bits per heavy atom. The Labute approximate surface area is 268 Å². The zero-order chi connectivity index (χ0) is 31.5. The normalized spacial score (nSPS) is 14.6. The quantitative estimate of drug-likeness (QED) is 0.149. The summed E-state index contributed by atoms with van der Waals surface area (Å²) in [5.74, 6) is -1.34. The van der Waals surface area contributed by atoms with Gasteiger partial charge in [-0.25, -0.2) is 4.79 Å². The van der Waals surface area contributed by atoms with Crippen LogP contribution in [0.25, 0.3) is 10.8 Å². The highest BCUT2D eigenvalue weighted by Gasteiger charge is 2.28. The van der Waals surface area contributed by atoms with Crippen molar-refractivity contribution in [2.24, 2.45) is 0 Å². The molecule has 5 aromatic rings. The topological polar surface area (TPSA) is 119 Å². The molecule has 2 unspecified atom stereocenters. The highest BCUT2D eigenvalue weighted by molar-refractivity contribution is 8.00. The third-order valence-electron chi connectivity index (χ3n) is 8.04. The van der Waals surface area contributed by atoms with Crippen LogP contribution < -0.4 is 10.6 Å². The van der Waals surface area contributed by atoms with Crippen molar-refractivity contribution in [1.29, 1.82) is 5.26 Å². The molecular formula is C36H29N3O4S2. The maximum Gasteiger partial charge on any atom is 0.336 e. The molecule has 7 nitrogen and oxygen atoms in total. The smallest absolute Gasteiger partial charge is 0.336 e. The number of nitriles is 1. The fourth-order valence-corrected chi connectivity index (χ4v) is 8.03. The molecule has 0 spiro atoms. The Kier molecular flexibility index (Phi) is 8.69. The Bertz CT molecular complexity index is 1970. The van der Waals surface area contributed by atoms with Crippen molar-refractivity contribution in [3.05, 3.63) is 124 Å². The van der Waals surface area contributed by atoms with Crippen LogP contribution in [-0.2, 0) is 17.6 Å². The van der Waals surface area contributed by atoms with Crippen LogP contribution in [0.5, 0.6) is 0 Å². The number of carbonyl (C=O) groups is 3. The average molecular weight is 632 g/mol. The van der Waals surface area contributed by atoms with Gasteiger partial charge in [-0.1, -0.05) is 60.7 Å². The third-order valence-corrected chi connectivity index (χ3v) is 10.3. The first kappa shape index (κ1) is 30.1. The zero-order valence-corrected chi connectivity index (χ0v) is 26.0. The van der Waals surface area contributed by atoms with Crippen molar-refractivity contribution in [3.8, 4) is 6.07 Å². The molecule has 1 aromatic heterocycles. The molecule has 224 valence electrons. The minimum absolute atomic E-state index is 0.0598. The Balaban J connectivity index is 1.14. The van der Waals surface area contributed by atoms with E-state index in [1.165, 1.54) is 34.7 Å². The minimum Gasteiger partial charge on any atom is -0.478 e. The predicted octanol–water partition coefficient (Wildman–Crippen LogP) is 8.12.